The Morgan fingerprint density at radius 2 is 1.45 bits per heavy atom. The van der Waals surface area contributed by atoms with Crippen LogP contribution in [0.2, 0.25) is 0 Å². The fraction of sp³-hybridized carbons (Fsp3) is 0.571. The molecule has 0 atom stereocenters. The van der Waals surface area contributed by atoms with Crippen LogP contribution in [0.4, 0.5) is 8.78 Å². The van der Waals surface area contributed by atoms with Gasteiger partial charge in [-0.15, -0.1) is 0 Å². The molecule has 0 radical (unpaired) electrons. The highest BCUT2D eigenvalue weighted by Gasteiger charge is 2.21. The standard InChI is InChI=1S/C28H38F2O/c1-3-5-6-20-31-25-17-14-23(15-18-25)26-19-16-24(27(29)28(26)30)13-12-22-10-8-21(7-4-2)9-11-22/h14-19,21-22H,3-13,20H2,1-2H3/t21-,22-. The summed E-state index contributed by atoms with van der Waals surface area (Å²) in [7, 11) is 0. The molecule has 0 saturated heterocycles. The third-order valence-corrected chi connectivity index (χ3v) is 6.83. The van der Waals surface area contributed by atoms with Gasteiger partial charge in [0.1, 0.15) is 5.75 Å². The molecule has 1 saturated carbocycles. The summed E-state index contributed by atoms with van der Waals surface area (Å²) in [6.45, 7) is 5.10. The number of benzene rings is 2. The average molecular weight is 429 g/mol. The Morgan fingerprint density at radius 3 is 2.10 bits per heavy atom. The van der Waals surface area contributed by atoms with Gasteiger partial charge in [0.15, 0.2) is 11.6 Å². The van der Waals surface area contributed by atoms with Gasteiger partial charge in [0, 0.05) is 5.56 Å². The Balaban J connectivity index is 1.56. The lowest BCUT2D eigenvalue weighted by Crippen LogP contribution is -2.15. The van der Waals surface area contributed by atoms with Crippen molar-refractivity contribution < 1.29 is 13.5 Å². The molecule has 0 aliphatic heterocycles. The van der Waals surface area contributed by atoms with Gasteiger partial charge in [0.05, 0.1) is 6.61 Å². The molecule has 3 rings (SSSR count). The minimum Gasteiger partial charge on any atom is -0.494 e. The van der Waals surface area contributed by atoms with Crippen molar-refractivity contribution in [2.45, 2.75) is 84.5 Å². The third-order valence-electron chi connectivity index (χ3n) is 6.83. The van der Waals surface area contributed by atoms with Crippen molar-refractivity contribution in [1.82, 2.24) is 0 Å². The summed E-state index contributed by atoms with van der Waals surface area (Å²) in [6.07, 6.45) is 12.6. The number of aryl methyl sites for hydroxylation is 1. The maximum absolute atomic E-state index is 14.8. The molecule has 0 aromatic heterocycles. The van der Waals surface area contributed by atoms with Gasteiger partial charge in [-0.25, -0.2) is 8.78 Å². The highest BCUT2D eigenvalue weighted by molar-refractivity contribution is 5.65. The van der Waals surface area contributed by atoms with Crippen LogP contribution in [0.25, 0.3) is 11.1 Å². The maximum atomic E-state index is 14.8. The maximum Gasteiger partial charge on any atom is 0.166 e. The molecule has 0 amide bonds. The minimum atomic E-state index is -0.735. The molecule has 1 fully saturated rings. The Hall–Kier alpha value is -1.90. The summed E-state index contributed by atoms with van der Waals surface area (Å²) in [6, 6.07) is 10.8. The van der Waals surface area contributed by atoms with E-state index in [-0.39, 0.29) is 0 Å². The van der Waals surface area contributed by atoms with Crippen LogP contribution in [0.3, 0.4) is 0 Å². The summed E-state index contributed by atoms with van der Waals surface area (Å²) in [4.78, 5) is 0. The molecule has 0 spiro atoms. The zero-order valence-corrected chi connectivity index (χ0v) is 19.3. The highest BCUT2D eigenvalue weighted by Crippen LogP contribution is 2.35. The lowest BCUT2D eigenvalue weighted by molar-refractivity contribution is 0.251. The van der Waals surface area contributed by atoms with Crippen LogP contribution in [0, 0.1) is 23.5 Å². The van der Waals surface area contributed by atoms with Gasteiger partial charge < -0.3 is 4.74 Å². The van der Waals surface area contributed by atoms with E-state index in [1.54, 1.807) is 24.3 Å². The third kappa shape index (κ3) is 6.79. The Morgan fingerprint density at radius 1 is 0.774 bits per heavy atom. The first-order valence-corrected chi connectivity index (χ1v) is 12.3. The first-order valence-electron chi connectivity index (χ1n) is 12.3. The van der Waals surface area contributed by atoms with E-state index in [1.807, 2.05) is 12.1 Å². The first kappa shape index (κ1) is 23.8. The lowest BCUT2D eigenvalue weighted by atomic mass is 9.78. The van der Waals surface area contributed by atoms with Crippen LogP contribution < -0.4 is 4.74 Å². The second-order valence-electron chi connectivity index (χ2n) is 9.19. The number of hydrogen-bond acceptors (Lipinski definition) is 1. The predicted octanol–water partition coefficient (Wildman–Crippen LogP) is 8.74. The Labute approximate surface area is 187 Å². The fourth-order valence-electron chi connectivity index (χ4n) is 4.85. The number of ether oxygens (including phenoxy) is 1. The fourth-order valence-corrected chi connectivity index (χ4v) is 4.85. The van der Waals surface area contributed by atoms with Crippen LogP contribution in [0.5, 0.6) is 5.75 Å². The smallest absolute Gasteiger partial charge is 0.166 e. The van der Waals surface area contributed by atoms with Gasteiger partial charge in [-0.05, 0) is 54.4 Å². The zero-order chi connectivity index (χ0) is 22.1. The first-order chi connectivity index (χ1) is 15.1. The van der Waals surface area contributed by atoms with Crippen molar-refractivity contribution in [3.05, 3.63) is 53.6 Å². The molecule has 0 N–H and O–H groups in total. The molecular formula is C28H38F2O. The molecule has 1 aliphatic carbocycles. The summed E-state index contributed by atoms with van der Waals surface area (Å²) in [5, 5.41) is 0. The molecule has 1 aliphatic rings. The summed E-state index contributed by atoms with van der Waals surface area (Å²) in [5.41, 5.74) is 1.50. The van der Waals surface area contributed by atoms with Crippen molar-refractivity contribution >= 4 is 0 Å². The molecular weight excluding hydrogens is 390 g/mol. The molecule has 2 aromatic carbocycles. The molecule has 0 bridgehead atoms. The molecule has 2 aromatic rings. The van der Waals surface area contributed by atoms with Crippen LogP contribution >= 0.6 is 0 Å². The van der Waals surface area contributed by atoms with Gasteiger partial charge in [0.25, 0.3) is 0 Å². The molecule has 31 heavy (non-hydrogen) atoms. The predicted molar refractivity (Wildman–Crippen MR) is 125 cm³/mol. The van der Waals surface area contributed by atoms with Gasteiger partial charge in [0.2, 0.25) is 0 Å². The van der Waals surface area contributed by atoms with Crippen molar-refractivity contribution in [3.8, 4) is 16.9 Å². The van der Waals surface area contributed by atoms with Crippen molar-refractivity contribution in [2.24, 2.45) is 11.8 Å². The van der Waals surface area contributed by atoms with E-state index in [0.717, 1.165) is 37.4 Å². The van der Waals surface area contributed by atoms with E-state index >= 15 is 0 Å². The van der Waals surface area contributed by atoms with Crippen molar-refractivity contribution in [3.63, 3.8) is 0 Å². The van der Waals surface area contributed by atoms with E-state index in [1.165, 1.54) is 38.5 Å². The molecule has 0 unspecified atom stereocenters. The van der Waals surface area contributed by atoms with E-state index in [2.05, 4.69) is 13.8 Å². The highest BCUT2D eigenvalue weighted by atomic mass is 19.2. The van der Waals surface area contributed by atoms with Crippen LogP contribution in [-0.4, -0.2) is 6.61 Å². The summed E-state index contributed by atoms with van der Waals surface area (Å²) in [5.74, 6) is 0.881. The lowest BCUT2D eigenvalue weighted by Gasteiger charge is -2.28. The summed E-state index contributed by atoms with van der Waals surface area (Å²) >= 11 is 0. The van der Waals surface area contributed by atoms with E-state index in [0.29, 0.717) is 35.6 Å². The van der Waals surface area contributed by atoms with E-state index in [9.17, 15) is 8.78 Å². The summed E-state index contributed by atoms with van der Waals surface area (Å²) < 4.78 is 35.3. The van der Waals surface area contributed by atoms with Gasteiger partial charge >= 0.3 is 0 Å². The second-order valence-corrected chi connectivity index (χ2v) is 9.19. The van der Waals surface area contributed by atoms with Gasteiger partial charge in [-0.3, -0.25) is 0 Å². The van der Waals surface area contributed by atoms with E-state index < -0.39 is 11.6 Å². The number of halogens is 2. The topological polar surface area (TPSA) is 9.23 Å². The minimum absolute atomic E-state index is 0.318. The number of rotatable bonds is 11. The number of hydrogen-bond donors (Lipinski definition) is 0. The molecule has 0 heterocycles. The molecule has 170 valence electrons. The Kier molecular flexibility index (Phi) is 9.36. The molecule has 1 nitrogen and oxygen atoms in total. The van der Waals surface area contributed by atoms with Gasteiger partial charge in [-0.1, -0.05) is 89.5 Å². The second kappa shape index (κ2) is 12.2. The van der Waals surface area contributed by atoms with Crippen LogP contribution in [-0.2, 0) is 6.42 Å². The van der Waals surface area contributed by atoms with Crippen molar-refractivity contribution in [1.29, 1.82) is 0 Å². The molecule has 3 heteroatoms. The van der Waals surface area contributed by atoms with Crippen molar-refractivity contribution in [2.75, 3.05) is 6.61 Å². The number of unbranched alkanes of at least 4 members (excludes halogenated alkanes) is 2. The largest absolute Gasteiger partial charge is 0.494 e. The van der Waals surface area contributed by atoms with E-state index in [4.69, 9.17) is 4.74 Å². The van der Waals surface area contributed by atoms with Crippen LogP contribution in [0.15, 0.2) is 36.4 Å². The van der Waals surface area contributed by atoms with Gasteiger partial charge in [-0.2, -0.15) is 0 Å². The quantitative estimate of drug-likeness (QED) is 0.325. The zero-order valence-electron chi connectivity index (χ0n) is 19.3. The SMILES string of the molecule is CCCCCOc1ccc(-c2ccc(CC[C@H]3CC[C@H](CCC)CC3)c(F)c2F)cc1. The Bertz CT molecular complexity index is 791. The normalized spacial score (nSPS) is 18.8. The monoisotopic (exact) mass is 428 g/mol. The average Bonchev–Trinajstić information content (AvgIpc) is 2.79. The van der Waals surface area contributed by atoms with Crippen LogP contribution in [0.1, 0.15) is 83.6 Å².